The highest BCUT2D eigenvalue weighted by atomic mass is 19.1. The smallest absolute Gasteiger partial charge is 0.130 e. The lowest BCUT2D eigenvalue weighted by atomic mass is 10.1. The van der Waals surface area contributed by atoms with Crippen LogP contribution in [0.3, 0.4) is 0 Å². The summed E-state index contributed by atoms with van der Waals surface area (Å²) in [5.74, 6) is 2.24. The molecule has 2 atom stereocenters. The van der Waals surface area contributed by atoms with Crippen LogP contribution in [0.1, 0.15) is 11.5 Å². The van der Waals surface area contributed by atoms with Gasteiger partial charge in [-0.3, -0.25) is 0 Å². The first-order valence-corrected chi connectivity index (χ1v) is 5.35. The van der Waals surface area contributed by atoms with Gasteiger partial charge in [0.25, 0.3) is 0 Å². The molecule has 1 aromatic rings. The highest BCUT2D eigenvalue weighted by Gasteiger charge is 2.54. The Morgan fingerprint density at radius 3 is 2.67 bits per heavy atom. The van der Waals surface area contributed by atoms with Gasteiger partial charge < -0.3 is 10.1 Å². The lowest BCUT2D eigenvalue weighted by Gasteiger charge is -2.07. The topological polar surface area (TPSA) is 21.3 Å². The Hall–Kier alpha value is -1.09. The second kappa shape index (κ2) is 3.20. The summed E-state index contributed by atoms with van der Waals surface area (Å²) in [6.07, 6.45) is 0. The van der Waals surface area contributed by atoms with Gasteiger partial charge in [-0.25, -0.2) is 4.39 Å². The van der Waals surface area contributed by atoms with Crippen molar-refractivity contribution in [3.63, 3.8) is 0 Å². The fourth-order valence-electron chi connectivity index (χ4n) is 2.78. The van der Waals surface area contributed by atoms with Crippen molar-refractivity contribution in [2.45, 2.75) is 5.92 Å². The minimum absolute atomic E-state index is 0.117. The van der Waals surface area contributed by atoms with E-state index in [4.69, 9.17) is 4.74 Å². The molecule has 1 aromatic carbocycles. The van der Waals surface area contributed by atoms with Crippen molar-refractivity contribution in [1.29, 1.82) is 0 Å². The predicted octanol–water partition coefficient (Wildman–Crippen LogP) is 1.77. The molecule has 0 amide bonds. The Morgan fingerprint density at radius 2 is 2.07 bits per heavy atom. The van der Waals surface area contributed by atoms with E-state index in [0.29, 0.717) is 23.5 Å². The monoisotopic (exact) mass is 207 g/mol. The third-order valence-electron chi connectivity index (χ3n) is 3.66. The van der Waals surface area contributed by atoms with E-state index in [-0.39, 0.29) is 5.82 Å². The summed E-state index contributed by atoms with van der Waals surface area (Å²) in [5.41, 5.74) is 0.868. The largest absolute Gasteiger partial charge is 0.497 e. The van der Waals surface area contributed by atoms with Crippen LogP contribution < -0.4 is 10.1 Å². The summed E-state index contributed by atoms with van der Waals surface area (Å²) >= 11 is 0. The number of piperidine rings is 1. The van der Waals surface area contributed by atoms with Crippen molar-refractivity contribution in [2.75, 3.05) is 20.2 Å². The Bertz CT molecular complexity index is 383. The number of rotatable bonds is 2. The van der Waals surface area contributed by atoms with Crippen molar-refractivity contribution in [3.05, 3.63) is 29.6 Å². The van der Waals surface area contributed by atoms with Gasteiger partial charge in [0, 0.05) is 6.07 Å². The van der Waals surface area contributed by atoms with Crippen LogP contribution in [0.25, 0.3) is 0 Å². The molecule has 2 aliphatic rings. The van der Waals surface area contributed by atoms with Crippen molar-refractivity contribution < 1.29 is 9.13 Å². The fraction of sp³-hybridized carbons (Fsp3) is 0.500. The highest BCUT2D eigenvalue weighted by Crippen LogP contribution is 2.56. The maximum atomic E-state index is 13.7. The van der Waals surface area contributed by atoms with Crippen LogP contribution in [-0.2, 0) is 0 Å². The SMILES string of the molecule is COc1ccc(C2C3CNCC32)c(F)c1. The lowest BCUT2D eigenvalue weighted by Crippen LogP contribution is -2.14. The molecular formula is C12H14FNO. The van der Waals surface area contributed by atoms with Gasteiger partial charge in [-0.1, -0.05) is 6.07 Å². The first-order chi connectivity index (χ1) is 7.31. The molecule has 0 bridgehead atoms. The van der Waals surface area contributed by atoms with Crippen LogP contribution in [0, 0.1) is 17.7 Å². The quantitative estimate of drug-likeness (QED) is 0.798. The summed E-state index contributed by atoms with van der Waals surface area (Å²) in [4.78, 5) is 0. The van der Waals surface area contributed by atoms with E-state index < -0.39 is 0 Å². The highest BCUT2D eigenvalue weighted by molar-refractivity contribution is 5.36. The molecule has 1 aliphatic carbocycles. The fourth-order valence-corrected chi connectivity index (χ4v) is 2.78. The molecule has 1 aliphatic heterocycles. The molecule has 2 nitrogen and oxygen atoms in total. The number of ether oxygens (including phenoxy) is 1. The molecule has 1 heterocycles. The lowest BCUT2D eigenvalue weighted by molar-refractivity contribution is 0.410. The molecule has 0 radical (unpaired) electrons. The Balaban J connectivity index is 1.87. The number of hydrogen-bond acceptors (Lipinski definition) is 2. The Morgan fingerprint density at radius 1 is 1.33 bits per heavy atom. The molecule has 15 heavy (non-hydrogen) atoms. The number of benzene rings is 1. The summed E-state index contributed by atoms with van der Waals surface area (Å²) in [6, 6.07) is 5.20. The van der Waals surface area contributed by atoms with E-state index in [1.165, 1.54) is 6.07 Å². The van der Waals surface area contributed by atoms with Crippen molar-refractivity contribution in [2.24, 2.45) is 11.8 Å². The maximum Gasteiger partial charge on any atom is 0.130 e. The molecule has 3 rings (SSSR count). The van der Waals surface area contributed by atoms with Crippen LogP contribution >= 0.6 is 0 Å². The molecule has 1 saturated carbocycles. The van der Waals surface area contributed by atoms with Gasteiger partial charge in [0.1, 0.15) is 11.6 Å². The van der Waals surface area contributed by atoms with Gasteiger partial charge >= 0.3 is 0 Å². The van der Waals surface area contributed by atoms with E-state index in [9.17, 15) is 4.39 Å². The van der Waals surface area contributed by atoms with Crippen LogP contribution in [-0.4, -0.2) is 20.2 Å². The summed E-state index contributed by atoms with van der Waals surface area (Å²) in [5, 5.41) is 3.32. The molecule has 3 heteroatoms. The van der Waals surface area contributed by atoms with Crippen molar-refractivity contribution in [3.8, 4) is 5.75 Å². The zero-order chi connectivity index (χ0) is 10.4. The number of hydrogen-bond donors (Lipinski definition) is 1. The second-order valence-corrected chi connectivity index (χ2v) is 4.40. The molecular weight excluding hydrogens is 193 g/mol. The van der Waals surface area contributed by atoms with Gasteiger partial charge in [-0.2, -0.15) is 0 Å². The van der Waals surface area contributed by atoms with E-state index in [1.807, 2.05) is 12.1 Å². The van der Waals surface area contributed by atoms with E-state index in [0.717, 1.165) is 18.7 Å². The zero-order valence-corrected chi connectivity index (χ0v) is 8.66. The third kappa shape index (κ3) is 1.34. The minimum atomic E-state index is -0.117. The predicted molar refractivity (Wildman–Crippen MR) is 55.5 cm³/mol. The van der Waals surface area contributed by atoms with Crippen LogP contribution in [0.5, 0.6) is 5.75 Å². The number of halogens is 1. The van der Waals surface area contributed by atoms with Gasteiger partial charge in [-0.05, 0) is 42.5 Å². The Kier molecular flexibility index (Phi) is 1.96. The molecule has 1 N–H and O–H groups in total. The summed E-state index contributed by atoms with van der Waals surface area (Å²) in [7, 11) is 1.56. The van der Waals surface area contributed by atoms with Crippen LogP contribution in [0.15, 0.2) is 18.2 Å². The summed E-state index contributed by atoms with van der Waals surface area (Å²) < 4.78 is 18.7. The zero-order valence-electron chi connectivity index (χ0n) is 8.66. The van der Waals surface area contributed by atoms with Crippen molar-refractivity contribution in [1.82, 2.24) is 5.32 Å². The number of methoxy groups -OCH3 is 1. The van der Waals surface area contributed by atoms with Gasteiger partial charge in [0.05, 0.1) is 7.11 Å². The van der Waals surface area contributed by atoms with E-state index in [2.05, 4.69) is 5.32 Å². The molecule has 2 fully saturated rings. The summed E-state index contributed by atoms with van der Waals surface area (Å²) in [6.45, 7) is 2.08. The normalized spacial score (nSPS) is 32.5. The second-order valence-electron chi connectivity index (χ2n) is 4.40. The van der Waals surface area contributed by atoms with Gasteiger partial charge in [-0.15, -0.1) is 0 Å². The van der Waals surface area contributed by atoms with E-state index in [1.54, 1.807) is 7.11 Å². The van der Waals surface area contributed by atoms with E-state index >= 15 is 0 Å². The first kappa shape index (κ1) is 9.16. The first-order valence-electron chi connectivity index (χ1n) is 5.35. The van der Waals surface area contributed by atoms with Crippen LogP contribution in [0.4, 0.5) is 4.39 Å². The average molecular weight is 207 g/mol. The molecule has 0 spiro atoms. The number of fused-ring (bicyclic) bond motifs is 1. The minimum Gasteiger partial charge on any atom is -0.497 e. The van der Waals surface area contributed by atoms with Gasteiger partial charge in [0.2, 0.25) is 0 Å². The maximum absolute atomic E-state index is 13.7. The molecule has 80 valence electrons. The van der Waals surface area contributed by atoms with Gasteiger partial charge in [0.15, 0.2) is 0 Å². The number of nitrogens with one attached hydrogen (secondary N) is 1. The molecule has 1 saturated heterocycles. The molecule has 2 unspecified atom stereocenters. The third-order valence-corrected chi connectivity index (χ3v) is 3.66. The van der Waals surface area contributed by atoms with Crippen LogP contribution in [0.2, 0.25) is 0 Å². The Labute approximate surface area is 88.4 Å². The average Bonchev–Trinajstić information content (AvgIpc) is 2.72. The molecule has 0 aromatic heterocycles. The standard InChI is InChI=1S/C12H14FNO/c1-15-7-2-3-8(11(13)4-7)12-9-5-14-6-10(9)12/h2-4,9-10,12,14H,5-6H2,1H3. The van der Waals surface area contributed by atoms with Crippen molar-refractivity contribution >= 4 is 0 Å².